The molecular formula is C25H34N2O4S. The van der Waals surface area contributed by atoms with Gasteiger partial charge in [-0.2, -0.15) is 0 Å². The van der Waals surface area contributed by atoms with Crippen molar-refractivity contribution >= 4 is 15.7 Å². The Morgan fingerprint density at radius 3 is 2.50 bits per heavy atom. The quantitative estimate of drug-likeness (QED) is 0.546. The smallest absolute Gasteiger partial charge is 0.220 e. The SMILES string of the molecule is CC1CCCCN1Cc1ccccc1CNC(=O)CCCOc1ccc(S(C)(=O)=O)cc1. The Morgan fingerprint density at radius 2 is 1.81 bits per heavy atom. The van der Waals surface area contributed by atoms with Crippen LogP contribution in [0.25, 0.3) is 0 Å². The first-order chi connectivity index (χ1) is 15.3. The van der Waals surface area contributed by atoms with E-state index in [1.807, 2.05) is 6.07 Å². The summed E-state index contributed by atoms with van der Waals surface area (Å²) in [7, 11) is -3.21. The first-order valence-corrected chi connectivity index (χ1v) is 13.2. The van der Waals surface area contributed by atoms with Crippen molar-refractivity contribution in [1.82, 2.24) is 10.2 Å². The second-order valence-corrected chi connectivity index (χ2v) is 10.6. The van der Waals surface area contributed by atoms with E-state index < -0.39 is 9.84 Å². The number of amides is 1. The second kappa shape index (κ2) is 11.5. The van der Waals surface area contributed by atoms with Crippen LogP contribution in [0.15, 0.2) is 53.4 Å². The zero-order chi connectivity index (χ0) is 23.0. The number of likely N-dealkylation sites (tertiary alicyclic amines) is 1. The van der Waals surface area contributed by atoms with Crippen LogP contribution in [0.5, 0.6) is 5.75 Å². The van der Waals surface area contributed by atoms with Crippen LogP contribution in [0.1, 0.15) is 50.2 Å². The molecule has 1 aliphatic rings. The van der Waals surface area contributed by atoms with Gasteiger partial charge in [0.1, 0.15) is 5.75 Å². The molecule has 0 aliphatic carbocycles. The molecule has 174 valence electrons. The molecular weight excluding hydrogens is 424 g/mol. The monoisotopic (exact) mass is 458 g/mol. The van der Waals surface area contributed by atoms with Crippen molar-refractivity contribution in [3.8, 4) is 5.75 Å². The third-order valence-electron chi connectivity index (χ3n) is 5.98. The van der Waals surface area contributed by atoms with Crippen LogP contribution in [0.3, 0.4) is 0 Å². The molecule has 7 heteroatoms. The van der Waals surface area contributed by atoms with Crippen LogP contribution < -0.4 is 10.1 Å². The van der Waals surface area contributed by atoms with Crippen LogP contribution in [0.2, 0.25) is 0 Å². The lowest BCUT2D eigenvalue weighted by atomic mass is 10.0. The van der Waals surface area contributed by atoms with Gasteiger partial charge < -0.3 is 10.1 Å². The molecule has 1 aliphatic heterocycles. The normalized spacial score (nSPS) is 17.1. The number of carbonyl (C=O) groups excluding carboxylic acids is 1. The summed E-state index contributed by atoms with van der Waals surface area (Å²) in [6.45, 7) is 5.30. The summed E-state index contributed by atoms with van der Waals surface area (Å²) in [6, 6.07) is 15.3. The molecule has 0 bridgehead atoms. The molecule has 1 heterocycles. The largest absolute Gasteiger partial charge is 0.494 e. The maximum atomic E-state index is 12.3. The predicted molar refractivity (Wildman–Crippen MR) is 126 cm³/mol. The van der Waals surface area contributed by atoms with Crippen LogP contribution in [-0.2, 0) is 27.7 Å². The maximum Gasteiger partial charge on any atom is 0.220 e. The molecule has 6 nitrogen and oxygen atoms in total. The van der Waals surface area contributed by atoms with Gasteiger partial charge in [-0.3, -0.25) is 9.69 Å². The van der Waals surface area contributed by atoms with Crippen molar-refractivity contribution < 1.29 is 17.9 Å². The van der Waals surface area contributed by atoms with Gasteiger partial charge in [-0.25, -0.2) is 8.42 Å². The van der Waals surface area contributed by atoms with Gasteiger partial charge in [-0.15, -0.1) is 0 Å². The van der Waals surface area contributed by atoms with Crippen molar-refractivity contribution in [2.75, 3.05) is 19.4 Å². The molecule has 0 saturated carbocycles. The van der Waals surface area contributed by atoms with Gasteiger partial charge in [0, 0.05) is 31.8 Å². The highest BCUT2D eigenvalue weighted by molar-refractivity contribution is 7.90. The Labute approximate surface area is 191 Å². The van der Waals surface area contributed by atoms with Gasteiger partial charge in [-0.05, 0) is 68.1 Å². The molecule has 1 amide bonds. The van der Waals surface area contributed by atoms with Gasteiger partial charge in [-0.1, -0.05) is 30.7 Å². The van der Waals surface area contributed by atoms with Crippen molar-refractivity contribution in [1.29, 1.82) is 0 Å². The van der Waals surface area contributed by atoms with Crippen molar-refractivity contribution in [2.45, 2.75) is 63.1 Å². The lowest BCUT2D eigenvalue weighted by Gasteiger charge is -2.33. The topological polar surface area (TPSA) is 75.7 Å². The molecule has 1 N–H and O–H groups in total. The van der Waals surface area contributed by atoms with Gasteiger partial charge in [0.15, 0.2) is 9.84 Å². The number of nitrogens with zero attached hydrogens (tertiary/aromatic N) is 1. The molecule has 32 heavy (non-hydrogen) atoms. The second-order valence-electron chi connectivity index (χ2n) is 8.56. The van der Waals surface area contributed by atoms with Crippen molar-refractivity contribution in [3.05, 3.63) is 59.7 Å². The minimum atomic E-state index is -3.21. The first kappa shape index (κ1) is 24.3. The molecule has 1 fully saturated rings. The number of carbonyl (C=O) groups is 1. The van der Waals surface area contributed by atoms with Gasteiger partial charge >= 0.3 is 0 Å². The predicted octanol–water partition coefficient (Wildman–Crippen LogP) is 3.94. The van der Waals surface area contributed by atoms with E-state index >= 15 is 0 Å². The molecule has 0 radical (unpaired) electrons. The summed E-state index contributed by atoms with van der Waals surface area (Å²) >= 11 is 0. The highest BCUT2D eigenvalue weighted by Crippen LogP contribution is 2.21. The highest BCUT2D eigenvalue weighted by atomic mass is 32.2. The maximum absolute atomic E-state index is 12.3. The van der Waals surface area contributed by atoms with E-state index in [9.17, 15) is 13.2 Å². The number of benzene rings is 2. The van der Waals surface area contributed by atoms with E-state index in [4.69, 9.17) is 4.74 Å². The van der Waals surface area contributed by atoms with E-state index in [0.717, 1.165) is 13.1 Å². The fourth-order valence-electron chi connectivity index (χ4n) is 3.98. The van der Waals surface area contributed by atoms with Crippen LogP contribution in [-0.4, -0.2) is 44.7 Å². The van der Waals surface area contributed by atoms with E-state index in [1.165, 1.54) is 48.8 Å². The molecule has 2 aromatic rings. The average Bonchev–Trinajstić information content (AvgIpc) is 2.77. The average molecular weight is 459 g/mol. The molecule has 1 atom stereocenters. The molecule has 2 aromatic carbocycles. The van der Waals surface area contributed by atoms with Gasteiger partial charge in [0.25, 0.3) is 0 Å². The third-order valence-corrected chi connectivity index (χ3v) is 7.11. The van der Waals surface area contributed by atoms with Crippen LogP contribution in [0.4, 0.5) is 0 Å². The number of hydrogen-bond acceptors (Lipinski definition) is 5. The minimum absolute atomic E-state index is 0.00201. The Kier molecular flexibility index (Phi) is 8.70. The van der Waals surface area contributed by atoms with Crippen molar-refractivity contribution in [3.63, 3.8) is 0 Å². The zero-order valence-corrected chi connectivity index (χ0v) is 19.9. The highest BCUT2D eigenvalue weighted by Gasteiger charge is 2.19. The van der Waals surface area contributed by atoms with E-state index in [1.54, 1.807) is 12.1 Å². The Balaban J connectivity index is 1.40. The molecule has 0 spiro atoms. The summed E-state index contributed by atoms with van der Waals surface area (Å²) in [6.07, 6.45) is 5.97. The van der Waals surface area contributed by atoms with E-state index in [0.29, 0.717) is 37.8 Å². The number of ether oxygens (including phenoxy) is 1. The number of piperidine rings is 1. The van der Waals surface area contributed by atoms with Crippen molar-refractivity contribution in [2.24, 2.45) is 0 Å². The zero-order valence-electron chi connectivity index (χ0n) is 19.0. The Bertz CT molecular complexity index is 989. The standard InChI is InChI=1S/C25H34N2O4S/c1-20-8-5-6-16-27(20)19-22-10-4-3-9-21(22)18-26-25(28)11-7-17-31-23-12-14-24(15-13-23)32(2,29)30/h3-4,9-10,12-15,20H,5-8,11,16-19H2,1-2H3,(H,26,28). The number of rotatable bonds is 10. The molecule has 3 rings (SSSR count). The van der Waals surface area contributed by atoms with Gasteiger partial charge in [0.05, 0.1) is 11.5 Å². The minimum Gasteiger partial charge on any atom is -0.494 e. The lowest BCUT2D eigenvalue weighted by molar-refractivity contribution is -0.121. The molecule has 1 saturated heterocycles. The number of hydrogen-bond donors (Lipinski definition) is 1. The lowest BCUT2D eigenvalue weighted by Crippen LogP contribution is -2.37. The Morgan fingerprint density at radius 1 is 1.09 bits per heavy atom. The van der Waals surface area contributed by atoms with Crippen LogP contribution in [0, 0.1) is 0 Å². The summed E-state index contributed by atoms with van der Waals surface area (Å²) in [5.41, 5.74) is 2.45. The summed E-state index contributed by atoms with van der Waals surface area (Å²) in [5, 5.41) is 3.03. The van der Waals surface area contributed by atoms with Gasteiger partial charge in [0.2, 0.25) is 5.91 Å². The van der Waals surface area contributed by atoms with E-state index in [2.05, 4.69) is 35.3 Å². The summed E-state index contributed by atoms with van der Waals surface area (Å²) in [4.78, 5) is 15.1. The molecule has 1 unspecified atom stereocenters. The summed E-state index contributed by atoms with van der Waals surface area (Å²) < 4.78 is 28.6. The first-order valence-electron chi connectivity index (χ1n) is 11.3. The van der Waals surface area contributed by atoms with E-state index in [-0.39, 0.29) is 10.8 Å². The number of sulfone groups is 1. The fourth-order valence-corrected chi connectivity index (χ4v) is 4.61. The fraction of sp³-hybridized carbons (Fsp3) is 0.480. The van der Waals surface area contributed by atoms with Crippen LogP contribution >= 0.6 is 0 Å². The molecule has 0 aromatic heterocycles. The Hall–Kier alpha value is -2.38. The third kappa shape index (κ3) is 7.35. The number of nitrogens with one attached hydrogen (secondary N) is 1. The summed E-state index contributed by atoms with van der Waals surface area (Å²) in [5.74, 6) is 0.598.